The molecular formula is C12H28N2O3. The number of carbonyl (C=O) groups is 1. The van der Waals surface area contributed by atoms with Gasteiger partial charge in [-0.15, -0.1) is 0 Å². The van der Waals surface area contributed by atoms with Gasteiger partial charge < -0.3 is 21.7 Å². The number of aliphatic hydroxyl groups is 1. The van der Waals surface area contributed by atoms with Crippen molar-refractivity contribution in [2.24, 2.45) is 23.3 Å². The summed E-state index contributed by atoms with van der Waals surface area (Å²) < 4.78 is 0. The highest BCUT2D eigenvalue weighted by atomic mass is 16.4. The number of aliphatic carboxylic acids is 1. The quantitative estimate of drug-likeness (QED) is 0.588. The summed E-state index contributed by atoms with van der Waals surface area (Å²) in [4.78, 5) is 10.3. The summed E-state index contributed by atoms with van der Waals surface area (Å²) >= 11 is 0. The Balaban J connectivity index is 0. The van der Waals surface area contributed by atoms with Crippen molar-refractivity contribution in [3.8, 4) is 0 Å². The molecule has 0 amide bonds. The molecule has 0 aromatic carbocycles. The highest BCUT2D eigenvalue weighted by molar-refractivity contribution is 5.78. The van der Waals surface area contributed by atoms with E-state index in [-0.39, 0.29) is 12.5 Å². The van der Waals surface area contributed by atoms with E-state index in [0.29, 0.717) is 5.92 Å². The Morgan fingerprint density at radius 1 is 1.12 bits per heavy atom. The van der Waals surface area contributed by atoms with E-state index in [1.165, 1.54) is 6.92 Å². The molecule has 5 heteroatoms. The molecule has 0 spiro atoms. The minimum atomic E-state index is -1.08. The number of aliphatic hydroxyl groups excluding tert-OH is 1. The summed E-state index contributed by atoms with van der Waals surface area (Å²) in [6.45, 7) is 11.0. The van der Waals surface area contributed by atoms with E-state index in [4.69, 9.17) is 21.7 Å². The molecule has 5 nitrogen and oxygen atoms in total. The molecule has 0 rings (SSSR count). The second-order valence-corrected chi connectivity index (χ2v) is 5.56. The summed E-state index contributed by atoms with van der Waals surface area (Å²) in [7, 11) is 0. The first-order chi connectivity index (χ1) is 7.39. The summed E-state index contributed by atoms with van der Waals surface area (Å²) in [6, 6.07) is 0. The van der Waals surface area contributed by atoms with Crippen molar-refractivity contribution in [2.45, 2.75) is 52.6 Å². The second kappa shape index (κ2) is 6.93. The lowest BCUT2D eigenvalue weighted by molar-refractivity contribution is -0.144. The van der Waals surface area contributed by atoms with Gasteiger partial charge in [-0.3, -0.25) is 4.79 Å². The maximum atomic E-state index is 10.3. The SMILES string of the molecule is CC(C)[C@@](C)(N)C(=O)O.CC(C)[C@@](C)(N)CO. The van der Waals surface area contributed by atoms with Crippen molar-refractivity contribution in [2.75, 3.05) is 6.61 Å². The fraction of sp³-hybridized carbons (Fsp3) is 0.917. The number of carboxylic acid groups (broad SMARTS) is 1. The van der Waals surface area contributed by atoms with Crippen LogP contribution in [-0.2, 0) is 4.79 Å². The van der Waals surface area contributed by atoms with E-state index >= 15 is 0 Å². The topological polar surface area (TPSA) is 110 Å². The van der Waals surface area contributed by atoms with E-state index in [1.807, 2.05) is 20.8 Å². The predicted octanol–water partition coefficient (Wildman–Crippen LogP) is 0.797. The summed E-state index contributed by atoms with van der Waals surface area (Å²) in [5.41, 5.74) is 9.53. The fourth-order valence-electron chi connectivity index (χ4n) is 0.430. The van der Waals surface area contributed by atoms with Crippen molar-refractivity contribution in [3.05, 3.63) is 0 Å². The van der Waals surface area contributed by atoms with Gasteiger partial charge in [-0.2, -0.15) is 0 Å². The Labute approximate surface area is 104 Å². The first-order valence-electron chi connectivity index (χ1n) is 5.81. The molecule has 0 aromatic heterocycles. The number of nitrogens with two attached hydrogens (primary N) is 2. The summed E-state index contributed by atoms with van der Waals surface area (Å²) in [5, 5.41) is 17.1. The lowest BCUT2D eigenvalue weighted by Gasteiger charge is -2.25. The molecule has 6 N–H and O–H groups in total. The minimum absolute atomic E-state index is 0.0324. The van der Waals surface area contributed by atoms with Gasteiger partial charge in [0.2, 0.25) is 0 Å². The zero-order valence-corrected chi connectivity index (χ0v) is 11.8. The number of carboxylic acids is 1. The molecule has 0 aromatic rings. The Morgan fingerprint density at radius 3 is 1.47 bits per heavy atom. The lowest BCUT2D eigenvalue weighted by Crippen LogP contribution is -2.49. The molecule has 0 fully saturated rings. The van der Waals surface area contributed by atoms with E-state index < -0.39 is 17.0 Å². The van der Waals surface area contributed by atoms with Gasteiger partial charge in [0, 0.05) is 5.54 Å². The average Bonchev–Trinajstić information content (AvgIpc) is 2.17. The Morgan fingerprint density at radius 2 is 1.47 bits per heavy atom. The summed E-state index contributed by atoms with van der Waals surface area (Å²) in [5.74, 6) is -0.639. The van der Waals surface area contributed by atoms with Gasteiger partial charge in [0.1, 0.15) is 5.54 Å². The van der Waals surface area contributed by atoms with Crippen molar-refractivity contribution in [3.63, 3.8) is 0 Å². The zero-order chi connectivity index (χ0) is 14.4. The fourth-order valence-corrected chi connectivity index (χ4v) is 0.430. The second-order valence-electron chi connectivity index (χ2n) is 5.56. The van der Waals surface area contributed by atoms with Gasteiger partial charge in [-0.05, 0) is 25.7 Å². The predicted molar refractivity (Wildman–Crippen MR) is 69.6 cm³/mol. The molecule has 0 heterocycles. The number of hydrogen-bond donors (Lipinski definition) is 4. The van der Waals surface area contributed by atoms with E-state index in [0.717, 1.165) is 0 Å². The van der Waals surface area contributed by atoms with Gasteiger partial charge in [0.05, 0.1) is 6.61 Å². The van der Waals surface area contributed by atoms with Crippen LogP contribution >= 0.6 is 0 Å². The number of rotatable bonds is 4. The average molecular weight is 248 g/mol. The van der Waals surface area contributed by atoms with E-state index in [1.54, 1.807) is 13.8 Å². The molecule has 0 saturated heterocycles. The van der Waals surface area contributed by atoms with Crippen LogP contribution in [0.5, 0.6) is 0 Å². The summed E-state index contributed by atoms with van der Waals surface area (Å²) in [6.07, 6.45) is 0. The Bertz CT molecular complexity index is 236. The maximum Gasteiger partial charge on any atom is 0.323 e. The van der Waals surface area contributed by atoms with Crippen molar-refractivity contribution in [1.29, 1.82) is 0 Å². The number of hydrogen-bond acceptors (Lipinski definition) is 4. The van der Waals surface area contributed by atoms with Crippen molar-refractivity contribution in [1.82, 2.24) is 0 Å². The van der Waals surface area contributed by atoms with Crippen LogP contribution in [0.25, 0.3) is 0 Å². The minimum Gasteiger partial charge on any atom is -0.480 e. The zero-order valence-electron chi connectivity index (χ0n) is 11.8. The highest BCUT2D eigenvalue weighted by Crippen LogP contribution is 2.12. The van der Waals surface area contributed by atoms with E-state index in [9.17, 15) is 4.79 Å². The van der Waals surface area contributed by atoms with Crippen LogP contribution in [-0.4, -0.2) is 33.9 Å². The molecule has 0 aliphatic carbocycles. The molecule has 0 unspecified atom stereocenters. The van der Waals surface area contributed by atoms with E-state index in [2.05, 4.69) is 0 Å². The van der Waals surface area contributed by atoms with Crippen LogP contribution in [0.15, 0.2) is 0 Å². The molecule has 17 heavy (non-hydrogen) atoms. The lowest BCUT2D eigenvalue weighted by atomic mass is 9.90. The van der Waals surface area contributed by atoms with Crippen molar-refractivity contribution < 1.29 is 15.0 Å². The smallest absolute Gasteiger partial charge is 0.323 e. The van der Waals surface area contributed by atoms with Crippen molar-refractivity contribution >= 4 is 5.97 Å². The molecule has 0 radical (unpaired) electrons. The Kier molecular flexibility index (Phi) is 7.63. The van der Waals surface area contributed by atoms with Gasteiger partial charge in [0.15, 0.2) is 0 Å². The molecule has 0 bridgehead atoms. The molecule has 0 aliphatic heterocycles. The first-order valence-corrected chi connectivity index (χ1v) is 5.81. The molecule has 0 aliphatic rings. The third-order valence-electron chi connectivity index (χ3n) is 3.32. The monoisotopic (exact) mass is 248 g/mol. The van der Waals surface area contributed by atoms with Crippen LogP contribution in [0.4, 0.5) is 0 Å². The molecule has 2 atom stereocenters. The van der Waals surface area contributed by atoms with Crippen LogP contribution in [0.3, 0.4) is 0 Å². The first kappa shape index (κ1) is 18.7. The Hall–Kier alpha value is -0.650. The van der Waals surface area contributed by atoms with Crippen LogP contribution in [0, 0.1) is 11.8 Å². The highest BCUT2D eigenvalue weighted by Gasteiger charge is 2.31. The third kappa shape index (κ3) is 6.61. The molecular weight excluding hydrogens is 220 g/mol. The van der Waals surface area contributed by atoms with Crippen LogP contribution < -0.4 is 11.5 Å². The van der Waals surface area contributed by atoms with Gasteiger partial charge in [-0.1, -0.05) is 27.7 Å². The van der Waals surface area contributed by atoms with Gasteiger partial charge in [0.25, 0.3) is 0 Å². The standard InChI is InChI=1S/C6H13NO2.C6H15NO/c1-4(2)6(3,7)5(8)9;1-5(2)6(3,7)4-8/h4H,7H2,1-3H3,(H,8,9);5,8H,4,7H2,1-3H3/t2*6-/m10/s1. The molecule has 0 saturated carbocycles. The third-order valence-corrected chi connectivity index (χ3v) is 3.32. The van der Waals surface area contributed by atoms with Crippen LogP contribution in [0.1, 0.15) is 41.5 Å². The van der Waals surface area contributed by atoms with Crippen LogP contribution in [0.2, 0.25) is 0 Å². The normalized spacial score (nSPS) is 18.1. The molecule has 104 valence electrons. The van der Waals surface area contributed by atoms with Gasteiger partial charge in [-0.25, -0.2) is 0 Å². The maximum absolute atomic E-state index is 10.3. The van der Waals surface area contributed by atoms with Gasteiger partial charge >= 0.3 is 5.97 Å². The largest absolute Gasteiger partial charge is 0.480 e.